The third kappa shape index (κ3) is 6.22. The van der Waals surface area contributed by atoms with Crippen LogP contribution in [0.2, 0.25) is 0 Å². The van der Waals surface area contributed by atoms with E-state index in [2.05, 4.69) is 38.3 Å². The predicted octanol–water partition coefficient (Wildman–Crippen LogP) is 5.49. The van der Waals surface area contributed by atoms with Crippen molar-refractivity contribution in [3.63, 3.8) is 0 Å². The van der Waals surface area contributed by atoms with Crippen molar-refractivity contribution in [2.75, 3.05) is 13.1 Å². The first-order chi connectivity index (χ1) is 16.0. The molecular formula is C27H29BrN2O3. The summed E-state index contributed by atoms with van der Waals surface area (Å²) in [6.45, 7) is 2.67. The highest BCUT2D eigenvalue weighted by atomic mass is 79.9. The van der Waals surface area contributed by atoms with Gasteiger partial charge in [-0.15, -0.1) is 0 Å². The zero-order chi connectivity index (χ0) is 23.1. The van der Waals surface area contributed by atoms with Crippen LogP contribution in [0.15, 0.2) is 89.4 Å². The number of carbonyl (C=O) groups is 1. The third-order valence-electron chi connectivity index (χ3n) is 6.28. The highest BCUT2D eigenvalue weighted by Gasteiger charge is 2.45. The molecule has 1 heterocycles. The molecule has 0 radical (unpaired) electrons. The Hall–Kier alpha value is -2.67. The number of carboxylic acid groups (broad SMARTS) is 1. The fourth-order valence-electron chi connectivity index (χ4n) is 4.57. The molecule has 1 aliphatic heterocycles. The SMILES string of the molecule is O=C(O)NC1(Cc2ccccc2Br)CCN(Cc2ccccc2)CC1OCc1ccccc1. The number of hydrogen-bond donors (Lipinski definition) is 2. The second kappa shape index (κ2) is 11.0. The van der Waals surface area contributed by atoms with Crippen LogP contribution >= 0.6 is 15.9 Å². The van der Waals surface area contributed by atoms with E-state index in [9.17, 15) is 9.90 Å². The largest absolute Gasteiger partial charge is 0.465 e. The second-order valence-electron chi connectivity index (χ2n) is 8.61. The number of halogens is 1. The van der Waals surface area contributed by atoms with Crippen molar-refractivity contribution in [2.45, 2.75) is 37.6 Å². The van der Waals surface area contributed by atoms with Crippen LogP contribution in [-0.2, 0) is 24.3 Å². The number of rotatable bonds is 8. The van der Waals surface area contributed by atoms with E-state index >= 15 is 0 Å². The molecule has 0 saturated carbocycles. The smallest absolute Gasteiger partial charge is 0.405 e. The van der Waals surface area contributed by atoms with Gasteiger partial charge in [0.05, 0.1) is 18.2 Å². The van der Waals surface area contributed by atoms with Gasteiger partial charge in [0, 0.05) is 24.1 Å². The van der Waals surface area contributed by atoms with Crippen LogP contribution < -0.4 is 5.32 Å². The summed E-state index contributed by atoms with van der Waals surface area (Å²) in [5.41, 5.74) is 2.65. The monoisotopic (exact) mass is 508 g/mol. The number of likely N-dealkylation sites (tertiary alicyclic amines) is 1. The number of ether oxygens (including phenoxy) is 1. The molecule has 33 heavy (non-hydrogen) atoms. The zero-order valence-corrected chi connectivity index (χ0v) is 20.1. The lowest BCUT2D eigenvalue weighted by Gasteiger charge is -2.47. The molecule has 172 valence electrons. The molecular weight excluding hydrogens is 480 g/mol. The first kappa shape index (κ1) is 23.5. The van der Waals surface area contributed by atoms with E-state index in [1.807, 2.05) is 72.8 Å². The van der Waals surface area contributed by atoms with Crippen LogP contribution in [0.25, 0.3) is 0 Å². The molecule has 0 bridgehead atoms. The Morgan fingerprint density at radius 1 is 1.00 bits per heavy atom. The summed E-state index contributed by atoms with van der Waals surface area (Å²) in [6, 6.07) is 28.4. The first-order valence-corrected chi connectivity index (χ1v) is 12.0. The molecule has 3 aromatic carbocycles. The zero-order valence-electron chi connectivity index (χ0n) is 18.5. The fourth-order valence-corrected chi connectivity index (χ4v) is 5.00. The first-order valence-electron chi connectivity index (χ1n) is 11.2. The number of piperidine rings is 1. The van der Waals surface area contributed by atoms with Crippen LogP contribution in [0.4, 0.5) is 4.79 Å². The summed E-state index contributed by atoms with van der Waals surface area (Å²) in [5, 5.41) is 12.7. The van der Waals surface area contributed by atoms with E-state index in [0.717, 1.165) is 28.7 Å². The van der Waals surface area contributed by atoms with Crippen molar-refractivity contribution in [1.29, 1.82) is 0 Å². The van der Waals surface area contributed by atoms with Crippen molar-refractivity contribution in [3.05, 3.63) is 106 Å². The van der Waals surface area contributed by atoms with Crippen molar-refractivity contribution >= 4 is 22.0 Å². The van der Waals surface area contributed by atoms with Gasteiger partial charge in [-0.25, -0.2) is 4.79 Å². The molecule has 5 nitrogen and oxygen atoms in total. The topological polar surface area (TPSA) is 61.8 Å². The molecule has 3 aromatic rings. The molecule has 1 aliphatic rings. The van der Waals surface area contributed by atoms with E-state index in [-0.39, 0.29) is 6.10 Å². The van der Waals surface area contributed by atoms with E-state index in [4.69, 9.17) is 4.74 Å². The van der Waals surface area contributed by atoms with Gasteiger partial charge in [0.25, 0.3) is 0 Å². The molecule has 6 heteroatoms. The molecule has 1 saturated heterocycles. The Bertz CT molecular complexity index is 1050. The predicted molar refractivity (Wildman–Crippen MR) is 133 cm³/mol. The molecule has 2 N–H and O–H groups in total. The van der Waals surface area contributed by atoms with Gasteiger partial charge in [-0.05, 0) is 35.6 Å². The Morgan fingerprint density at radius 2 is 1.64 bits per heavy atom. The number of nitrogens with one attached hydrogen (secondary N) is 1. The fraction of sp³-hybridized carbons (Fsp3) is 0.296. The third-order valence-corrected chi connectivity index (χ3v) is 7.05. The van der Waals surface area contributed by atoms with E-state index in [0.29, 0.717) is 26.0 Å². The lowest BCUT2D eigenvalue weighted by atomic mass is 9.79. The lowest BCUT2D eigenvalue weighted by Crippen LogP contribution is -2.65. The molecule has 1 fully saturated rings. The van der Waals surface area contributed by atoms with Gasteiger partial charge in [-0.2, -0.15) is 0 Å². The standard InChI is InChI=1S/C27H29BrN2O3/c28-24-14-8-7-13-23(24)17-27(29-26(31)32)15-16-30(18-21-9-3-1-4-10-21)19-25(27)33-20-22-11-5-2-6-12-22/h1-14,25,29H,15-20H2,(H,31,32). The minimum atomic E-state index is -1.02. The van der Waals surface area contributed by atoms with Crippen LogP contribution in [-0.4, -0.2) is 40.8 Å². The summed E-state index contributed by atoms with van der Waals surface area (Å²) in [4.78, 5) is 14.3. The van der Waals surface area contributed by atoms with Gasteiger partial charge in [0.15, 0.2) is 0 Å². The normalized spacial score (nSPS) is 20.9. The van der Waals surface area contributed by atoms with Crippen molar-refractivity contribution in [1.82, 2.24) is 10.2 Å². The highest BCUT2D eigenvalue weighted by Crippen LogP contribution is 2.33. The number of nitrogens with zero attached hydrogens (tertiary/aromatic N) is 1. The minimum Gasteiger partial charge on any atom is -0.465 e. The van der Waals surface area contributed by atoms with Gasteiger partial charge < -0.3 is 15.2 Å². The summed E-state index contributed by atoms with van der Waals surface area (Å²) in [5.74, 6) is 0. The average molecular weight is 509 g/mol. The maximum atomic E-state index is 11.9. The van der Waals surface area contributed by atoms with Crippen molar-refractivity contribution < 1.29 is 14.6 Å². The van der Waals surface area contributed by atoms with E-state index in [1.165, 1.54) is 5.56 Å². The minimum absolute atomic E-state index is 0.307. The van der Waals surface area contributed by atoms with Gasteiger partial charge in [-0.3, -0.25) is 4.90 Å². The quantitative estimate of drug-likeness (QED) is 0.422. The lowest BCUT2D eigenvalue weighted by molar-refractivity contribution is -0.0716. The molecule has 4 rings (SSSR count). The summed E-state index contributed by atoms with van der Waals surface area (Å²) >= 11 is 3.64. The number of benzene rings is 3. The molecule has 0 spiro atoms. The summed E-state index contributed by atoms with van der Waals surface area (Å²) in [7, 11) is 0. The molecule has 2 unspecified atom stereocenters. The Kier molecular flexibility index (Phi) is 7.81. The van der Waals surface area contributed by atoms with Crippen molar-refractivity contribution in [3.8, 4) is 0 Å². The molecule has 1 amide bonds. The van der Waals surface area contributed by atoms with Crippen LogP contribution in [0, 0.1) is 0 Å². The van der Waals surface area contributed by atoms with Gasteiger partial charge in [-0.1, -0.05) is 94.8 Å². The summed E-state index contributed by atoms with van der Waals surface area (Å²) < 4.78 is 7.46. The van der Waals surface area contributed by atoms with Gasteiger partial charge >= 0.3 is 6.09 Å². The van der Waals surface area contributed by atoms with E-state index in [1.54, 1.807) is 0 Å². The Morgan fingerprint density at radius 3 is 2.30 bits per heavy atom. The molecule has 0 aliphatic carbocycles. The van der Waals surface area contributed by atoms with Crippen LogP contribution in [0.1, 0.15) is 23.1 Å². The average Bonchev–Trinajstić information content (AvgIpc) is 2.82. The van der Waals surface area contributed by atoms with Crippen molar-refractivity contribution in [2.24, 2.45) is 0 Å². The van der Waals surface area contributed by atoms with E-state index < -0.39 is 11.6 Å². The second-order valence-corrected chi connectivity index (χ2v) is 9.46. The summed E-state index contributed by atoms with van der Waals surface area (Å²) in [6.07, 6.45) is -0.114. The maximum Gasteiger partial charge on any atom is 0.405 e. The Balaban J connectivity index is 1.60. The number of amides is 1. The molecule has 0 aromatic heterocycles. The molecule has 2 atom stereocenters. The van der Waals surface area contributed by atoms with Gasteiger partial charge in [0.1, 0.15) is 0 Å². The van der Waals surface area contributed by atoms with Crippen LogP contribution in [0.5, 0.6) is 0 Å². The highest BCUT2D eigenvalue weighted by molar-refractivity contribution is 9.10. The van der Waals surface area contributed by atoms with Gasteiger partial charge in [0.2, 0.25) is 0 Å². The van der Waals surface area contributed by atoms with Crippen LogP contribution in [0.3, 0.4) is 0 Å². The maximum absolute atomic E-state index is 11.9. The Labute approximate surface area is 203 Å². The number of hydrogen-bond acceptors (Lipinski definition) is 3.